The van der Waals surface area contributed by atoms with Crippen molar-refractivity contribution < 1.29 is 22.7 Å². The first kappa shape index (κ1) is 18.3. The first-order chi connectivity index (χ1) is 12.5. The molecule has 1 aliphatic heterocycles. The molecule has 1 atom stereocenters. The number of nitrogens with zero attached hydrogens (tertiary/aromatic N) is 1. The highest BCUT2D eigenvalue weighted by Crippen LogP contribution is 2.29. The zero-order valence-electron chi connectivity index (χ0n) is 14.2. The van der Waals surface area contributed by atoms with E-state index in [1.807, 2.05) is 24.3 Å². The molecule has 138 valence electrons. The first-order valence-electron chi connectivity index (χ1n) is 8.19. The molecule has 7 heteroatoms. The van der Waals surface area contributed by atoms with Gasteiger partial charge in [-0.1, -0.05) is 23.4 Å². The molecule has 0 spiro atoms. The minimum atomic E-state index is -4.33. The van der Waals surface area contributed by atoms with Crippen LogP contribution in [-0.4, -0.2) is 25.5 Å². The van der Waals surface area contributed by atoms with Gasteiger partial charge < -0.3 is 14.9 Å². The SMILES string of the molecule is COc1ccc(C2=NO[C@H](CNCc3cccc(C(F)(F)F)c3)C2)cc1. The summed E-state index contributed by atoms with van der Waals surface area (Å²) >= 11 is 0. The van der Waals surface area contributed by atoms with E-state index in [1.54, 1.807) is 13.2 Å². The maximum Gasteiger partial charge on any atom is 0.416 e. The van der Waals surface area contributed by atoms with Crippen molar-refractivity contribution in [3.8, 4) is 5.75 Å². The van der Waals surface area contributed by atoms with Crippen LogP contribution in [0.4, 0.5) is 13.2 Å². The Morgan fingerprint density at radius 3 is 2.65 bits per heavy atom. The smallest absolute Gasteiger partial charge is 0.416 e. The van der Waals surface area contributed by atoms with E-state index in [2.05, 4.69) is 10.5 Å². The predicted octanol–water partition coefficient (Wildman–Crippen LogP) is 4.00. The van der Waals surface area contributed by atoms with Gasteiger partial charge in [0.15, 0.2) is 0 Å². The Hall–Kier alpha value is -2.54. The minimum Gasteiger partial charge on any atom is -0.497 e. The molecule has 0 radical (unpaired) electrons. The lowest BCUT2D eigenvalue weighted by molar-refractivity contribution is -0.137. The van der Waals surface area contributed by atoms with Gasteiger partial charge >= 0.3 is 6.18 Å². The maximum absolute atomic E-state index is 12.7. The van der Waals surface area contributed by atoms with E-state index in [0.29, 0.717) is 25.1 Å². The minimum absolute atomic E-state index is 0.141. The number of hydrogen-bond donors (Lipinski definition) is 1. The third kappa shape index (κ3) is 4.54. The fourth-order valence-electron chi connectivity index (χ4n) is 2.73. The topological polar surface area (TPSA) is 42.9 Å². The van der Waals surface area contributed by atoms with Crippen molar-refractivity contribution in [3.63, 3.8) is 0 Å². The molecule has 0 saturated heterocycles. The highest BCUT2D eigenvalue weighted by Gasteiger charge is 2.30. The number of alkyl halides is 3. The molecule has 0 bridgehead atoms. The molecule has 1 heterocycles. The monoisotopic (exact) mass is 364 g/mol. The van der Waals surface area contributed by atoms with E-state index in [0.717, 1.165) is 29.2 Å². The first-order valence-corrected chi connectivity index (χ1v) is 8.19. The number of methoxy groups -OCH3 is 1. The van der Waals surface area contributed by atoms with Crippen molar-refractivity contribution in [1.82, 2.24) is 5.32 Å². The summed E-state index contributed by atoms with van der Waals surface area (Å²) in [6.45, 7) is 0.834. The Labute approximate surface area is 149 Å². The van der Waals surface area contributed by atoms with Crippen molar-refractivity contribution >= 4 is 5.71 Å². The quantitative estimate of drug-likeness (QED) is 0.843. The zero-order chi connectivity index (χ0) is 18.6. The van der Waals surface area contributed by atoms with Crippen LogP contribution in [0.15, 0.2) is 53.7 Å². The highest BCUT2D eigenvalue weighted by atomic mass is 19.4. The Kier molecular flexibility index (Phi) is 5.46. The predicted molar refractivity (Wildman–Crippen MR) is 92.2 cm³/mol. The number of oxime groups is 1. The van der Waals surface area contributed by atoms with Crippen LogP contribution >= 0.6 is 0 Å². The largest absolute Gasteiger partial charge is 0.497 e. The number of ether oxygens (including phenoxy) is 1. The standard InChI is InChI=1S/C19H19F3N2O2/c1-25-16-7-5-14(6-8-16)18-10-17(26-24-18)12-23-11-13-3-2-4-15(9-13)19(20,21)22/h2-9,17,23H,10-12H2,1H3/t17-/m0/s1. The van der Waals surface area contributed by atoms with Crippen LogP contribution in [0.5, 0.6) is 5.75 Å². The lowest BCUT2D eigenvalue weighted by atomic mass is 10.0. The summed E-state index contributed by atoms with van der Waals surface area (Å²) in [4.78, 5) is 5.41. The van der Waals surface area contributed by atoms with Crippen LogP contribution in [0.3, 0.4) is 0 Å². The molecule has 1 N–H and O–H groups in total. The van der Waals surface area contributed by atoms with Gasteiger partial charge in [0, 0.05) is 19.5 Å². The van der Waals surface area contributed by atoms with Gasteiger partial charge in [-0.3, -0.25) is 0 Å². The molecule has 0 fully saturated rings. The molecule has 0 saturated carbocycles. The van der Waals surface area contributed by atoms with Crippen molar-refractivity contribution in [3.05, 3.63) is 65.2 Å². The van der Waals surface area contributed by atoms with Crippen LogP contribution in [0.2, 0.25) is 0 Å². The normalized spacial score (nSPS) is 16.9. The van der Waals surface area contributed by atoms with Crippen LogP contribution in [0, 0.1) is 0 Å². The third-order valence-corrected chi connectivity index (χ3v) is 4.11. The summed E-state index contributed by atoms with van der Waals surface area (Å²) in [5, 5.41) is 7.23. The molecular formula is C19H19F3N2O2. The van der Waals surface area contributed by atoms with Crippen LogP contribution in [-0.2, 0) is 17.6 Å². The molecule has 26 heavy (non-hydrogen) atoms. The second-order valence-corrected chi connectivity index (χ2v) is 6.03. The van der Waals surface area contributed by atoms with Gasteiger partial charge in [-0.25, -0.2) is 0 Å². The Morgan fingerprint density at radius 1 is 1.19 bits per heavy atom. The highest BCUT2D eigenvalue weighted by molar-refractivity contribution is 6.01. The lowest BCUT2D eigenvalue weighted by Gasteiger charge is -2.11. The van der Waals surface area contributed by atoms with Crippen LogP contribution < -0.4 is 10.1 Å². The van der Waals surface area contributed by atoms with Crippen LogP contribution in [0.25, 0.3) is 0 Å². The molecule has 0 unspecified atom stereocenters. The van der Waals surface area contributed by atoms with E-state index < -0.39 is 11.7 Å². The molecule has 0 aliphatic carbocycles. The number of nitrogens with one attached hydrogen (secondary N) is 1. The number of rotatable bonds is 6. The summed E-state index contributed by atoms with van der Waals surface area (Å²) in [5.74, 6) is 0.771. The fourth-order valence-corrected chi connectivity index (χ4v) is 2.73. The molecule has 0 aromatic heterocycles. The van der Waals surface area contributed by atoms with Gasteiger partial charge in [0.05, 0.1) is 18.4 Å². The summed E-state index contributed by atoms with van der Waals surface area (Å²) in [6.07, 6.45) is -3.83. The molecular weight excluding hydrogens is 345 g/mol. The van der Waals surface area contributed by atoms with Gasteiger partial charge in [-0.05, 0) is 41.5 Å². The van der Waals surface area contributed by atoms with Crippen molar-refractivity contribution in [2.24, 2.45) is 5.16 Å². The fraction of sp³-hybridized carbons (Fsp3) is 0.316. The van der Waals surface area contributed by atoms with E-state index in [-0.39, 0.29) is 6.10 Å². The van der Waals surface area contributed by atoms with Crippen molar-refractivity contribution in [1.29, 1.82) is 0 Å². The van der Waals surface area contributed by atoms with Gasteiger partial charge in [-0.15, -0.1) is 0 Å². The Balaban J connectivity index is 1.48. The van der Waals surface area contributed by atoms with E-state index in [9.17, 15) is 13.2 Å². The lowest BCUT2D eigenvalue weighted by Crippen LogP contribution is -2.26. The Bertz CT molecular complexity index is 773. The molecule has 1 aliphatic rings. The Morgan fingerprint density at radius 2 is 1.96 bits per heavy atom. The summed E-state index contributed by atoms with van der Waals surface area (Å²) in [7, 11) is 1.61. The van der Waals surface area contributed by atoms with Gasteiger partial charge in [0.1, 0.15) is 11.9 Å². The molecule has 2 aromatic rings. The van der Waals surface area contributed by atoms with Crippen molar-refractivity contribution in [2.75, 3.05) is 13.7 Å². The van der Waals surface area contributed by atoms with E-state index in [1.165, 1.54) is 6.07 Å². The molecule has 2 aromatic carbocycles. The van der Waals surface area contributed by atoms with Crippen molar-refractivity contribution in [2.45, 2.75) is 25.2 Å². The number of halogens is 3. The van der Waals surface area contributed by atoms with E-state index >= 15 is 0 Å². The summed E-state index contributed by atoms with van der Waals surface area (Å²) in [5.41, 5.74) is 1.75. The number of hydrogen-bond acceptors (Lipinski definition) is 4. The average molecular weight is 364 g/mol. The zero-order valence-corrected chi connectivity index (χ0v) is 14.2. The molecule has 3 rings (SSSR count). The summed E-state index contributed by atoms with van der Waals surface area (Å²) < 4.78 is 43.3. The molecule has 0 amide bonds. The van der Waals surface area contributed by atoms with Gasteiger partial charge in [0.25, 0.3) is 0 Å². The third-order valence-electron chi connectivity index (χ3n) is 4.11. The average Bonchev–Trinajstić information content (AvgIpc) is 3.10. The van der Waals surface area contributed by atoms with Gasteiger partial charge in [-0.2, -0.15) is 13.2 Å². The van der Waals surface area contributed by atoms with E-state index in [4.69, 9.17) is 9.57 Å². The number of benzene rings is 2. The summed E-state index contributed by atoms with van der Waals surface area (Å²) in [6, 6.07) is 12.8. The van der Waals surface area contributed by atoms with Crippen LogP contribution in [0.1, 0.15) is 23.1 Å². The second kappa shape index (κ2) is 7.78. The van der Waals surface area contributed by atoms with Gasteiger partial charge in [0.2, 0.25) is 0 Å². The maximum atomic E-state index is 12.7. The molecule has 4 nitrogen and oxygen atoms in total. The second-order valence-electron chi connectivity index (χ2n) is 6.03.